The van der Waals surface area contributed by atoms with Crippen molar-refractivity contribution in [3.63, 3.8) is 0 Å². The molecule has 1 heterocycles. The van der Waals surface area contributed by atoms with Crippen molar-refractivity contribution < 1.29 is 14.6 Å². The summed E-state index contributed by atoms with van der Waals surface area (Å²) in [6, 6.07) is 3.36. The summed E-state index contributed by atoms with van der Waals surface area (Å²) >= 11 is 1.34. The Bertz CT molecular complexity index is 330. The molecule has 0 unspecified atom stereocenters. The van der Waals surface area contributed by atoms with Crippen LogP contribution in [0.1, 0.15) is 17.3 Å². The molecule has 0 saturated carbocycles. The second kappa shape index (κ2) is 6.42. The Labute approximate surface area is 92.7 Å². The number of aliphatic hydroxyl groups excluding tert-OH is 1. The highest BCUT2D eigenvalue weighted by Crippen LogP contribution is 2.20. The van der Waals surface area contributed by atoms with E-state index < -0.39 is 0 Å². The molecule has 0 radical (unpaired) electrons. The molecular weight excluding hydrogens is 214 g/mol. The molecule has 0 fully saturated rings. The summed E-state index contributed by atoms with van der Waals surface area (Å²) in [5.41, 5.74) is 0.456. The van der Waals surface area contributed by atoms with Crippen LogP contribution in [-0.4, -0.2) is 35.0 Å². The molecule has 15 heavy (non-hydrogen) atoms. The molecule has 0 saturated heterocycles. The van der Waals surface area contributed by atoms with Gasteiger partial charge >= 0.3 is 5.97 Å². The summed E-state index contributed by atoms with van der Waals surface area (Å²) in [6.07, 6.45) is 1.61. The smallest absolute Gasteiger partial charge is 0.340 e. The standard InChI is InChI=1S/C10H13NO3S/c1-2-14-10(13)8-4-3-5-11-9(8)15-7-6-12/h3-5,12H,2,6-7H2,1H3. The van der Waals surface area contributed by atoms with Gasteiger partial charge in [-0.25, -0.2) is 9.78 Å². The van der Waals surface area contributed by atoms with E-state index in [1.54, 1.807) is 25.3 Å². The number of nitrogens with zero attached hydrogens (tertiary/aromatic N) is 1. The summed E-state index contributed by atoms with van der Waals surface area (Å²) in [6.45, 7) is 2.16. The van der Waals surface area contributed by atoms with Crippen molar-refractivity contribution in [1.29, 1.82) is 0 Å². The summed E-state index contributed by atoms with van der Waals surface area (Å²) in [7, 11) is 0. The zero-order valence-electron chi connectivity index (χ0n) is 8.47. The van der Waals surface area contributed by atoms with Crippen molar-refractivity contribution in [1.82, 2.24) is 4.98 Å². The molecule has 0 atom stereocenters. The van der Waals surface area contributed by atoms with Crippen LogP contribution in [0.25, 0.3) is 0 Å². The van der Waals surface area contributed by atoms with Gasteiger partial charge in [-0.2, -0.15) is 0 Å². The van der Waals surface area contributed by atoms with Crippen LogP contribution in [0.4, 0.5) is 0 Å². The summed E-state index contributed by atoms with van der Waals surface area (Å²) in [5, 5.41) is 9.30. The lowest BCUT2D eigenvalue weighted by atomic mass is 10.3. The first kappa shape index (κ1) is 12.0. The lowest BCUT2D eigenvalue weighted by Gasteiger charge is -2.06. The van der Waals surface area contributed by atoms with Gasteiger partial charge in [0.2, 0.25) is 0 Å². The molecule has 0 aromatic carbocycles. The van der Waals surface area contributed by atoms with Gasteiger partial charge in [-0.15, -0.1) is 11.8 Å². The zero-order chi connectivity index (χ0) is 11.1. The minimum absolute atomic E-state index is 0.0590. The maximum atomic E-state index is 11.5. The van der Waals surface area contributed by atoms with E-state index in [1.807, 2.05) is 0 Å². The first-order chi connectivity index (χ1) is 7.29. The molecule has 0 spiro atoms. The van der Waals surface area contributed by atoms with Crippen molar-refractivity contribution in [2.75, 3.05) is 19.0 Å². The predicted octanol–water partition coefficient (Wildman–Crippen LogP) is 1.34. The third kappa shape index (κ3) is 3.53. The van der Waals surface area contributed by atoms with Gasteiger partial charge in [0.1, 0.15) is 5.03 Å². The van der Waals surface area contributed by atoms with Crippen molar-refractivity contribution >= 4 is 17.7 Å². The molecule has 0 amide bonds. The fraction of sp³-hybridized carbons (Fsp3) is 0.400. The molecule has 1 aromatic heterocycles. The summed E-state index contributed by atoms with van der Waals surface area (Å²) < 4.78 is 4.89. The van der Waals surface area contributed by atoms with E-state index in [2.05, 4.69) is 4.98 Å². The normalized spacial score (nSPS) is 10.0. The number of thioether (sulfide) groups is 1. The highest BCUT2D eigenvalue weighted by atomic mass is 32.2. The molecule has 0 aliphatic carbocycles. The van der Waals surface area contributed by atoms with Crippen LogP contribution in [0.15, 0.2) is 23.4 Å². The van der Waals surface area contributed by atoms with Gasteiger partial charge in [0.05, 0.1) is 18.8 Å². The minimum atomic E-state index is -0.369. The number of hydrogen-bond acceptors (Lipinski definition) is 5. The molecule has 0 aliphatic heterocycles. The molecule has 0 aliphatic rings. The fourth-order valence-electron chi connectivity index (χ4n) is 1.01. The monoisotopic (exact) mass is 227 g/mol. The Kier molecular flexibility index (Phi) is 5.14. The topological polar surface area (TPSA) is 59.4 Å². The third-order valence-corrected chi connectivity index (χ3v) is 2.58. The molecule has 1 N–H and O–H groups in total. The van der Waals surface area contributed by atoms with Gasteiger partial charge in [-0.3, -0.25) is 0 Å². The maximum absolute atomic E-state index is 11.5. The minimum Gasteiger partial charge on any atom is -0.462 e. The van der Waals surface area contributed by atoms with Crippen LogP contribution in [-0.2, 0) is 4.74 Å². The zero-order valence-corrected chi connectivity index (χ0v) is 9.29. The lowest BCUT2D eigenvalue weighted by Crippen LogP contribution is -2.07. The fourth-order valence-corrected chi connectivity index (χ4v) is 1.74. The number of carbonyl (C=O) groups excluding carboxylic acids is 1. The number of aliphatic hydroxyl groups is 1. The average molecular weight is 227 g/mol. The molecule has 0 bridgehead atoms. The number of esters is 1. The number of aromatic nitrogens is 1. The highest BCUT2D eigenvalue weighted by Gasteiger charge is 2.12. The quantitative estimate of drug-likeness (QED) is 0.607. The second-order valence-corrected chi connectivity index (χ2v) is 3.73. The number of hydrogen-bond donors (Lipinski definition) is 1. The lowest BCUT2D eigenvalue weighted by molar-refractivity contribution is 0.0521. The van der Waals surface area contributed by atoms with E-state index in [1.165, 1.54) is 11.8 Å². The van der Waals surface area contributed by atoms with Crippen LogP contribution in [0.5, 0.6) is 0 Å². The van der Waals surface area contributed by atoms with Crippen molar-refractivity contribution in [3.05, 3.63) is 23.9 Å². The summed E-state index contributed by atoms with van der Waals surface area (Å²) in [4.78, 5) is 15.6. The Morgan fingerprint density at radius 2 is 2.47 bits per heavy atom. The van der Waals surface area contributed by atoms with Crippen LogP contribution in [0.2, 0.25) is 0 Å². The van der Waals surface area contributed by atoms with E-state index in [0.717, 1.165) is 0 Å². The van der Waals surface area contributed by atoms with Gasteiger partial charge in [-0.1, -0.05) is 0 Å². The maximum Gasteiger partial charge on any atom is 0.340 e. The van der Waals surface area contributed by atoms with Crippen LogP contribution < -0.4 is 0 Å². The molecule has 4 nitrogen and oxygen atoms in total. The highest BCUT2D eigenvalue weighted by molar-refractivity contribution is 7.99. The van der Waals surface area contributed by atoms with Gasteiger partial charge < -0.3 is 9.84 Å². The third-order valence-electron chi connectivity index (χ3n) is 1.60. The van der Waals surface area contributed by atoms with Gasteiger partial charge in [-0.05, 0) is 19.1 Å². The van der Waals surface area contributed by atoms with Gasteiger partial charge in [0.25, 0.3) is 0 Å². The largest absolute Gasteiger partial charge is 0.462 e. The Balaban J connectivity index is 2.80. The molecule has 5 heteroatoms. The number of carbonyl (C=O) groups is 1. The van der Waals surface area contributed by atoms with Gasteiger partial charge in [0.15, 0.2) is 0 Å². The van der Waals surface area contributed by atoms with Crippen molar-refractivity contribution in [2.24, 2.45) is 0 Å². The first-order valence-electron chi connectivity index (χ1n) is 4.65. The number of pyridine rings is 1. The van der Waals surface area contributed by atoms with Crippen LogP contribution >= 0.6 is 11.8 Å². The van der Waals surface area contributed by atoms with Crippen LogP contribution in [0.3, 0.4) is 0 Å². The average Bonchev–Trinajstić information content (AvgIpc) is 2.27. The Morgan fingerprint density at radius 1 is 1.67 bits per heavy atom. The van der Waals surface area contributed by atoms with E-state index in [4.69, 9.17) is 9.84 Å². The molecule has 1 aromatic rings. The van der Waals surface area contributed by atoms with Crippen molar-refractivity contribution in [2.45, 2.75) is 11.9 Å². The Hall–Kier alpha value is -1.07. The predicted molar refractivity (Wildman–Crippen MR) is 58.0 cm³/mol. The molecule has 1 rings (SSSR count). The summed E-state index contributed by atoms with van der Waals surface area (Å²) in [5.74, 6) is 0.148. The SMILES string of the molecule is CCOC(=O)c1cccnc1SCCO. The Morgan fingerprint density at radius 3 is 3.13 bits per heavy atom. The van der Waals surface area contributed by atoms with E-state index in [-0.39, 0.29) is 12.6 Å². The molecule has 82 valence electrons. The number of rotatable bonds is 5. The number of ether oxygens (including phenoxy) is 1. The first-order valence-corrected chi connectivity index (χ1v) is 5.64. The van der Waals surface area contributed by atoms with E-state index in [0.29, 0.717) is 22.9 Å². The van der Waals surface area contributed by atoms with Crippen molar-refractivity contribution in [3.8, 4) is 0 Å². The van der Waals surface area contributed by atoms with Gasteiger partial charge in [0, 0.05) is 11.9 Å². The molecular formula is C10H13NO3S. The second-order valence-electron chi connectivity index (χ2n) is 2.65. The van der Waals surface area contributed by atoms with E-state index >= 15 is 0 Å². The van der Waals surface area contributed by atoms with E-state index in [9.17, 15) is 4.79 Å². The van der Waals surface area contributed by atoms with Crippen LogP contribution in [0, 0.1) is 0 Å².